The highest BCUT2D eigenvalue weighted by atomic mass is 32.2. The molecule has 0 spiro atoms. The standard InChI is InChI=1S/C21H17N3O7S2/c1-12-11-32-21(22-12)33-17-8-5-14(9-16(17)24(28)29)20(27)31-10-18(25)23-15-6-3-13(4-7-15)19(26)30-2/h3-9,11H,10H2,1-2H3,(H,23,25). The van der Waals surface area contributed by atoms with Crippen LogP contribution in [0.2, 0.25) is 0 Å². The molecule has 0 saturated heterocycles. The number of carbonyl (C=O) groups excluding carboxylic acids is 3. The molecule has 12 heteroatoms. The number of aromatic nitrogens is 1. The number of carbonyl (C=O) groups is 3. The van der Waals surface area contributed by atoms with Crippen molar-refractivity contribution in [3.05, 3.63) is 74.8 Å². The summed E-state index contributed by atoms with van der Waals surface area (Å²) in [6.07, 6.45) is 0. The number of rotatable bonds is 8. The van der Waals surface area contributed by atoms with Crippen LogP contribution in [0.15, 0.2) is 57.1 Å². The zero-order chi connectivity index (χ0) is 24.0. The summed E-state index contributed by atoms with van der Waals surface area (Å²) in [7, 11) is 1.26. The molecule has 0 atom stereocenters. The summed E-state index contributed by atoms with van der Waals surface area (Å²) in [5.74, 6) is -2.01. The first kappa shape index (κ1) is 23.9. The Bertz CT molecular complexity index is 1210. The minimum Gasteiger partial charge on any atom is -0.465 e. The normalized spacial score (nSPS) is 10.4. The molecule has 0 bridgehead atoms. The number of ether oxygens (including phenoxy) is 2. The third kappa shape index (κ3) is 6.37. The number of nitro groups is 1. The van der Waals surface area contributed by atoms with Crippen molar-refractivity contribution in [2.24, 2.45) is 0 Å². The van der Waals surface area contributed by atoms with Gasteiger partial charge in [0.05, 0.1) is 28.1 Å². The van der Waals surface area contributed by atoms with E-state index in [1.54, 1.807) is 0 Å². The number of amides is 1. The topological polar surface area (TPSA) is 138 Å². The molecule has 2 aromatic carbocycles. The van der Waals surface area contributed by atoms with Gasteiger partial charge in [-0.05, 0) is 43.3 Å². The Hall–Kier alpha value is -3.77. The summed E-state index contributed by atoms with van der Waals surface area (Å²) in [5.41, 5.74) is 1.19. The second kappa shape index (κ2) is 10.7. The maximum Gasteiger partial charge on any atom is 0.338 e. The zero-order valence-corrected chi connectivity index (χ0v) is 19.0. The van der Waals surface area contributed by atoms with Crippen LogP contribution in [0.3, 0.4) is 0 Å². The smallest absolute Gasteiger partial charge is 0.338 e. The molecular formula is C21H17N3O7S2. The van der Waals surface area contributed by atoms with Crippen molar-refractivity contribution in [1.82, 2.24) is 4.98 Å². The van der Waals surface area contributed by atoms with Gasteiger partial charge in [0.25, 0.3) is 11.6 Å². The predicted molar refractivity (Wildman–Crippen MR) is 121 cm³/mol. The Morgan fingerprint density at radius 1 is 1.12 bits per heavy atom. The number of anilines is 1. The number of nitrogens with one attached hydrogen (secondary N) is 1. The largest absolute Gasteiger partial charge is 0.465 e. The van der Waals surface area contributed by atoms with Crippen LogP contribution < -0.4 is 5.32 Å². The van der Waals surface area contributed by atoms with Crippen LogP contribution in [0, 0.1) is 17.0 Å². The second-order valence-corrected chi connectivity index (χ2v) is 8.64. The summed E-state index contributed by atoms with van der Waals surface area (Å²) in [4.78, 5) is 51.3. The first-order valence-electron chi connectivity index (χ1n) is 9.30. The summed E-state index contributed by atoms with van der Waals surface area (Å²) in [6.45, 7) is 1.22. The minimum atomic E-state index is -0.879. The van der Waals surface area contributed by atoms with Crippen molar-refractivity contribution in [3.8, 4) is 0 Å². The quantitative estimate of drug-likeness (QED) is 0.283. The lowest BCUT2D eigenvalue weighted by Crippen LogP contribution is -2.21. The van der Waals surface area contributed by atoms with Crippen LogP contribution in [0.5, 0.6) is 0 Å². The summed E-state index contributed by atoms with van der Waals surface area (Å²) in [6, 6.07) is 9.87. The van der Waals surface area contributed by atoms with E-state index in [0.29, 0.717) is 20.5 Å². The Labute approximate surface area is 196 Å². The maximum atomic E-state index is 12.3. The number of thiazole rings is 1. The van der Waals surface area contributed by atoms with Gasteiger partial charge >= 0.3 is 11.9 Å². The van der Waals surface area contributed by atoms with Gasteiger partial charge in [-0.1, -0.05) is 11.8 Å². The average molecular weight is 488 g/mol. The molecule has 3 rings (SSSR count). The van der Waals surface area contributed by atoms with Gasteiger partial charge in [0.1, 0.15) is 0 Å². The lowest BCUT2D eigenvalue weighted by molar-refractivity contribution is -0.387. The number of hydrogen-bond acceptors (Lipinski definition) is 10. The van der Waals surface area contributed by atoms with Crippen molar-refractivity contribution >= 4 is 52.3 Å². The number of benzene rings is 2. The molecule has 0 unspecified atom stereocenters. The molecule has 0 aliphatic rings. The molecule has 0 aliphatic heterocycles. The third-order valence-electron chi connectivity index (χ3n) is 4.11. The Kier molecular flexibility index (Phi) is 7.74. The molecule has 1 aromatic heterocycles. The molecule has 10 nitrogen and oxygen atoms in total. The lowest BCUT2D eigenvalue weighted by Gasteiger charge is -2.08. The minimum absolute atomic E-state index is 0.0587. The summed E-state index contributed by atoms with van der Waals surface area (Å²) >= 11 is 2.49. The molecule has 1 N–H and O–H groups in total. The van der Waals surface area contributed by atoms with E-state index in [9.17, 15) is 24.5 Å². The number of methoxy groups -OCH3 is 1. The molecule has 0 aliphatic carbocycles. The van der Waals surface area contributed by atoms with Gasteiger partial charge in [0.15, 0.2) is 10.9 Å². The number of esters is 2. The summed E-state index contributed by atoms with van der Waals surface area (Å²) < 4.78 is 10.2. The molecule has 3 aromatic rings. The molecule has 33 heavy (non-hydrogen) atoms. The van der Waals surface area contributed by atoms with E-state index in [4.69, 9.17) is 4.74 Å². The number of aryl methyl sites for hydroxylation is 1. The van der Waals surface area contributed by atoms with Gasteiger partial charge < -0.3 is 14.8 Å². The van der Waals surface area contributed by atoms with Crippen molar-refractivity contribution in [2.45, 2.75) is 16.2 Å². The van der Waals surface area contributed by atoms with E-state index >= 15 is 0 Å². The Morgan fingerprint density at radius 3 is 2.42 bits per heavy atom. The van der Waals surface area contributed by atoms with Gasteiger partial charge in [-0.3, -0.25) is 14.9 Å². The van der Waals surface area contributed by atoms with Crippen LogP contribution >= 0.6 is 23.1 Å². The Morgan fingerprint density at radius 2 is 1.82 bits per heavy atom. The SMILES string of the molecule is COC(=O)c1ccc(NC(=O)COC(=O)c2ccc(Sc3nc(C)cs3)c([N+](=O)[O-])c2)cc1. The van der Waals surface area contributed by atoms with E-state index in [1.807, 2.05) is 12.3 Å². The fourth-order valence-electron chi connectivity index (χ4n) is 2.57. The lowest BCUT2D eigenvalue weighted by atomic mass is 10.2. The number of hydrogen-bond donors (Lipinski definition) is 1. The highest BCUT2D eigenvalue weighted by Crippen LogP contribution is 2.36. The molecule has 0 fully saturated rings. The monoisotopic (exact) mass is 487 g/mol. The molecule has 1 heterocycles. The zero-order valence-electron chi connectivity index (χ0n) is 17.4. The Balaban J connectivity index is 1.61. The van der Waals surface area contributed by atoms with Gasteiger partial charge in [-0.15, -0.1) is 11.3 Å². The predicted octanol–water partition coefficient (Wildman–Crippen LogP) is 4.09. The second-order valence-electron chi connectivity index (χ2n) is 6.49. The van der Waals surface area contributed by atoms with E-state index in [0.717, 1.165) is 23.5 Å². The fraction of sp³-hybridized carbons (Fsp3) is 0.143. The van der Waals surface area contributed by atoms with Crippen LogP contribution in [-0.4, -0.2) is 41.5 Å². The number of nitro benzene ring substituents is 1. The fourth-order valence-corrected chi connectivity index (χ4v) is 4.44. The van der Waals surface area contributed by atoms with Crippen molar-refractivity contribution < 1.29 is 28.8 Å². The van der Waals surface area contributed by atoms with E-state index in [2.05, 4.69) is 15.0 Å². The molecule has 0 radical (unpaired) electrons. The van der Waals surface area contributed by atoms with Gasteiger partial charge in [0.2, 0.25) is 0 Å². The van der Waals surface area contributed by atoms with Crippen LogP contribution in [-0.2, 0) is 14.3 Å². The highest BCUT2D eigenvalue weighted by molar-refractivity contribution is 8.01. The van der Waals surface area contributed by atoms with Gasteiger partial charge in [0, 0.05) is 22.8 Å². The van der Waals surface area contributed by atoms with Crippen molar-refractivity contribution in [2.75, 3.05) is 19.0 Å². The first-order valence-corrected chi connectivity index (χ1v) is 11.0. The van der Waals surface area contributed by atoms with E-state index in [1.165, 1.54) is 54.8 Å². The average Bonchev–Trinajstić information content (AvgIpc) is 3.22. The highest BCUT2D eigenvalue weighted by Gasteiger charge is 2.21. The van der Waals surface area contributed by atoms with Crippen molar-refractivity contribution in [3.63, 3.8) is 0 Å². The van der Waals surface area contributed by atoms with E-state index < -0.39 is 29.4 Å². The van der Waals surface area contributed by atoms with Gasteiger partial charge in [-0.2, -0.15) is 0 Å². The van der Waals surface area contributed by atoms with E-state index in [-0.39, 0.29) is 11.3 Å². The number of nitrogens with zero attached hydrogens (tertiary/aromatic N) is 2. The van der Waals surface area contributed by atoms with Crippen LogP contribution in [0.1, 0.15) is 26.4 Å². The van der Waals surface area contributed by atoms with Crippen LogP contribution in [0.25, 0.3) is 0 Å². The third-order valence-corrected chi connectivity index (χ3v) is 6.23. The van der Waals surface area contributed by atoms with Gasteiger partial charge in [-0.25, -0.2) is 14.6 Å². The maximum absolute atomic E-state index is 12.3. The molecule has 1 amide bonds. The molecule has 0 saturated carbocycles. The molecular weight excluding hydrogens is 470 g/mol. The molecule has 170 valence electrons. The summed E-state index contributed by atoms with van der Waals surface area (Å²) in [5, 5.41) is 15.8. The first-order chi connectivity index (χ1) is 15.8. The van der Waals surface area contributed by atoms with Crippen molar-refractivity contribution in [1.29, 1.82) is 0 Å². The van der Waals surface area contributed by atoms with Crippen LogP contribution in [0.4, 0.5) is 11.4 Å².